The van der Waals surface area contributed by atoms with Crippen LogP contribution >= 0.6 is 11.8 Å². The van der Waals surface area contributed by atoms with E-state index >= 15 is 0 Å². The lowest BCUT2D eigenvalue weighted by Crippen LogP contribution is -2.40. The molecule has 176 valence electrons. The maximum absolute atomic E-state index is 13.4. The molecular weight excluding hydrogens is 464 g/mol. The van der Waals surface area contributed by atoms with Crippen molar-refractivity contribution in [3.05, 3.63) is 83.9 Å². The summed E-state index contributed by atoms with van der Waals surface area (Å²) in [6, 6.07) is 21.5. The number of nitrogens with zero attached hydrogens (tertiary/aromatic N) is 3. The van der Waals surface area contributed by atoms with E-state index in [0.29, 0.717) is 33.9 Å². The molecule has 0 radical (unpaired) electrons. The van der Waals surface area contributed by atoms with Crippen LogP contribution in [0.1, 0.15) is 17.2 Å². The highest BCUT2D eigenvalue weighted by atomic mass is 32.2. The molecule has 0 saturated carbocycles. The van der Waals surface area contributed by atoms with Crippen LogP contribution in [0.4, 0.5) is 11.4 Å². The van der Waals surface area contributed by atoms with Gasteiger partial charge in [-0.15, -0.1) is 0 Å². The zero-order chi connectivity index (χ0) is 24.4. The number of para-hydroxylation sites is 1. The van der Waals surface area contributed by atoms with Gasteiger partial charge in [0.2, 0.25) is 5.91 Å². The number of carbonyl (C=O) groups excluding carboxylic acids is 2. The molecule has 2 aliphatic heterocycles. The van der Waals surface area contributed by atoms with E-state index in [9.17, 15) is 9.59 Å². The van der Waals surface area contributed by atoms with Crippen molar-refractivity contribution in [2.75, 3.05) is 25.3 Å². The maximum atomic E-state index is 13.4. The zero-order valence-corrected chi connectivity index (χ0v) is 19.9. The van der Waals surface area contributed by atoms with E-state index < -0.39 is 6.04 Å². The van der Waals surface area contributed by atoms with Crippen molar-refractivity contribution < 1.29 is 19.1 Å². The average Bonchev–Trinajstić information content (AvgIpc) is 3.25. The molecule has 0 spiro atoms. The first-order valence-corrected chi connectivity index (χ1v) is 11.9. The minimum Gasteiger partial charge on any atom is -0.493 e. The summed E-state index contributed by atoms with van der Waals surface area (Å²) in [4.78, 5) is 37.1. The predicted molar refractivity (Wildman–Crippen MR) is 137 cm³/mol. The Bertz CT molecular complexity index is 1360. The van der Waals surface area contributed by atoms with Crippen molar-refractivity contribution in [3.63, 3.8) is 0 Å². The van der Waals surface area contributed by atoms with Crippen molar-refractivity contribution in [3.8, 4) is 11.5 Å². The van der Waals surface area contributed by atoms with Crippen LogP contribution < -0.4 is 14.8 Å². The molecule has 3 aromatic carbocycles. The lowest BCUT2D eigenvalue weighted by Gasteiger charge is -2.25. The van der Waals surface area contributed by atoms with Crippen LogP contribution in [0.15, 0.2) is 82.8 Å². The van der Waals surface area contributed by atoms with Crippen LogP contribution in [0, 0.1) is 0 Å². The summed E-state index contributed by atoms with van der Waals surface area (Å²) >= 11 is 1.19. The van der Waals surface area contributed by atoms with Gasteiger partial charge in [0.1, 0.15) is 5.84 Å². The molecule has 8 nitrogen and oxygen atoms in total. The average molecular weight is 487 g/mol. The predicted octanol–water partition coefficient (Wildman–Crippen LogP) is 4.41. The molecular formula is C26H22N4O4S. The fraction of sp³-hybridized carbons (Fsp3) is 0.154. The summed E-state index contributed by atoms with van der Waals surface area (Å²) in [7, 11) is 3.09. The van der Waals surface area contributed by atoms with Gasteiger partial charge in [-0.1, -0.05) is 54.2 Å². The molecule has 2 aliphatic rings. The van der Waals surface area contributed by atoms with Crippen molar-refractivity contribution in [2.45, 2.75) is 6.04 Å². The molecule has 35 heavy (non-hydrogen) atoms. The van der Waals surface area contributed by atoms with E-state index in [-0.39, 0.29) is 17.6 Å². The third-order valence-electron chi connectivity index (χ3n) is 5.58. The topological polar surface area (TPSA) is 92.6 Å². The molecule has 2 heterocycles. The molecule has 3 aromatic rings. The Kier molecular flexibility index (Phi) is 6.24. The van der Waals surface area contributed by atoms with E-state index in [2.05, 4.69) is 10.3 Å². The van der Waals surface area contributed by atoms with Crippen LogP contribution in [0.25, 0.3) is 0 Å². The molecule has 2 amide bonds. The Labute approximate surface area is 206 Å². The number of carbonyl (C=O) groups is 2. The second-order valence-corrected chi connectivity index (χ2v) is 8.70. The summed E-state index contributed by atoms with van der Waals surface area (Å²) in [5.74, 6) is 1.27. The van der Waals surface area contributed by atoms with Crippen LogP contribution in [0.3, 0.4) is 0 Å². The molecule has 5 rings (SSSR count). The fourth-order valence-electron chi connectivity index (χ4n) is 3.94. The summed E-state index contributed by atoms with van der Waals surface area (Å²) in [6.07, 6.45) is 0. The van der Waals surface area contributed by atoms with Crippen LogP contribution in [0.2, 0.25) is 0 Å². The SMILES string of the molecule is COc1ccc(NC(=O)CSC2=Nc3ccccc3C3=NC(c4ccccc4)C(=O)N23)cc1OC. The van der Waals surface area contributed by atoms with Crippen molar-refractivity contribution in [1.82, 2.24) is 4.90 Å². The molecule has 0 aromatic heterocycles. The van der Waals surface area contributed by atoms with Gasteiger partial charge in [-0.25, -0.2) is 14.9 Å². The van der Waals surface area contributed by atoms with E-state index in [1.165, 1.54) is 23.8 Å². The lowest BCUT2D eigenvalue weighted by molar-refractivity contribution is -0.124. The Hall–Kier alpha value is -4.11. The first-order chi connectivity index (χ1) is 17.1. The Balaban J connectivity index is 1.36. The lowest BCUT2D eigenvalue weighted by atomic mass is 10.1. The summed E-state index contributed by atoms with van der Waals surface area (Å²) in [5, 5.41) is 3.27. The Morgan fingerprint density at radius 3 is 2.51 bits per heavy atom. The molecule has 1 N–H and O–H groups in total. The first kappa shape index (κ1) is 22.7. The number of nitrogens with one attached hydrogen (secondary N) is 1. The quantitative estimate of drug-likeness (QED) is 0.557. The number of anilines is 1. The van der Waals surface area contributed by atoms with Gasteiger partial charge in [-0.05, 0) is 29.8 Å². The summed E-state index contributed by atoms with van der Waals surface area (Å²) in [5.41, 5.74) is 2.89. The molecule has 9 heteroatoms. The third kappa shape index (κ3) is 4.38. The van der Waals surface area contributed by atoms with Crippen LogP contribution in [-0.4, -0.2) is 47.7 Å². The number of thioether (sulfide) groups is 1. The van der Waals surface area contributed by atoms with Crippen molar-refractivity contribution >= 4 is 46.0 Å². The number of ether oxygens (including phenoxy) is 2. The van der Waals surface area contributed by atoms with Crippen LogP contribution in [-0.2, 0) is 9.59 Å². The number of rotatable bonds is 6. The second kappa shape index (κ2) is 9.63. The van der Waals surface area contributed by atoms with Gasteiger partial charge in [-0.3, -0.25) is 9.59 Å². The standard InChI is InChI=1S/C26H22N4O4S/c1-33-20-13-12-17(14-21(20)34-2)27-22(31)15-35-26-28-19-11-7-6-10-18(19)24-29-23(25(32)30(24)26)16-8-4-3-5-9-16/h3-14,23H,15H2,1-2H3,(H,27,31). The third-order valence-corrected chi connectivity index (χ3v) is 6.52. The smallest absolute Gasteiger partial charge is 0.263 e. The summed E-state index contributed by atoms with van der Waals surface area (Å²) in [6.45, 7) is 0. The number of amides is 2. The highest BCUT2D eigenvalue weighted by Crippen LogP contribution is 2.37. The number of amidine groups is 2. The highest BCUT2D eigenvalue weighted by Gasteiger charge is 2.42. The summed E-state index contributed by atoms with van der Waals surface area (Å²) < 4.78 is 10.5. The number of benzene rings is 3. The number of hydrogen-bond acceptors (Lipinski definition) is 7. The molecule has 0 bridgehead atoms. The molecule has 0 aliphatic carbocycles. The molecule has 1 unspecified atom stereocenters. The van der Waals surface area contributed by atoms with Crippen molar-refractivity contribution in [2.24, 2.45) is 9.98 Å². The first-order valence-electron chi connectivity index (χ1n) is 10.9. The van der Waals surface area contributed by atoms with E-state index in [1.54, 1.807) is 25.3 Å². The van der Waals surface area contributed by atoms with Crippen molar-refractivity contribution in [1.29, 1.82) is 0 Å². The van der Waals surface area contributed by atoms with E-state index in [4.69, 9.17) is 14.5 Å². The molecule has 1 atom stereocenters. The van der Waals surface area contributed by atoms with Gasteiger partial charge in [0.15, 0.2) is 22.7 Å². The second-order valence-electron chi connectivity index (χ2n) is 7.76. The normalized spacial score (nSPS) is 16.1. The Morgan fingerprint density at radius 1 is 1.00 bits per heavy atom. The number of fused-ring (bicyclic) bond motifs is 3. The van der Waals surface area contributed by atoms with Gasteiger partial charge in [0.05, 0.1) is 25.7 Å². The molecule has 0 saturated heterocycles. The molecule has 0 fully saturated rings. The van der Waals surface area contributed by atoms with E-state index in [1.807, 2.05) is 54.6 Å². The minimum absolute atomic E-state index is 0.0579. The van der Waals surface area contributed by atoms with Gasteiger partial charge in [-0.2, -0.15) is 0 Å². The fourth-order valence-corrected chi connectivity index (χ4v) is 4.74. The van der Waals surface area contributed by atoms with Gasteiger partial charge >= 0.3 is 0 Å². The maximum Gasteiger partial charge on any atom is 0.263 e. The van der Waals surface area contributed by atoms with Gasteiger partial charge < -0.3 is 14.8 Å². The number of hydrogen-bond donors (Lipinski definition) is 1. The minimum atomic E-state index is -0.649. The Morgan fingerprint density at radius 2 is 1.74 bits per heavy atom. The zero-order valence-electron chi connectivity index (χ0n) is 19.1. The van der Waals surface area contributed by atoms with Crippen LogP contribution in [0.5, 0.6) is 11.5 Å². The van der Waals surface area contributed by atoms with Gasteiger partial charge in [0, 0.05) is 17.3 Å². The van der Waals surface area contributed by atoms with Gasteiger partial charge in [0.25, 0.3) is 5.91 Å². The number of methoxy groups -OCH3 is 2. The monoisotopic (exact) mass is 486 g/mol. The highest BCUT2D eigenvalue weighted by molar-refractivity contribution is 8.14. The van der Waals surface area contributed by atoms with E-state index in [0.717, 1.165) is 11.1 Å². The number of aliphatic imine (C=N–C) groups is 2. The largest absolute Gasteiger partial charge is 0.493 e.